The second-order valence-corrected chi connectivity index (χ2v) is 9.42. The number of furan rings is 1. The van der Waals surface area contributed by atoms with Gasteiger partial charge in [-0.3, -0.25) is 4.79 Å². The Kier molecular flexibility index (Phi) is 5.52. The average Bonchev–Trinajstić information content (AvgIpc) is 3.32. The third-order valence-corrected chi connectivity index (χ3v) is 7.08. The highest BCUT2D eigenvalue weighted by molar-refractivity contribution is 7.89. The molecule has 6 nitrogen and oxygen atoms in total. The largest absolute Gasteiger partial charge is 0.438 e. The van der Waals surface area contributed by atoms with E-state index in [9.17, 15) is 13.2 Å². The van der Waals surface area contributed by atoms with Gasteiger partial charge in [-0.1, -0.05) is 11.6 Å². The molecule has 0 N–H and O–H groups in total. The van der Waals surface area contributed by atoms with Crippen LogP contribution in [-0.4, -0.2) is 43.2 Å². The minimum atomic E-state index is -3.66. The predicted octanol–water partition coefficient (Wildman–Crippen LogP) is 3.44. The molecule has 2 aromatic heterocycles. The molecule has 1 aliphatic heterocycles. The van der Waals surface area contributed by atoms with Crippen LogP contribution >= 0.6 is 22.9 Å². The number of halogens is 1. The second kappa shape index (κ2) is 7.49. The Morgan fingerprint density at radius 2 is 2.00 bits per heavy atom. The van der Waals surface area contributed by atoms with Crippen molar-refractivity contribution in [3.05, 3.63) is 39.2 Å². The molecule has 0 bridgehead atoms. The zero-order chi connectivity index (χ0) is 18.0. The Bertz CT molecular complexity index is 853. The van der Waals surface area contributed by atoms with Gasteiger partial charge in [0.05, 0.1) is 10.9 Å². The van der Waals surface area contributed by atoms with Crippen LogP contribution in [0.4, 0.5) is 0 Å². The van der Waals surface area contributed by atoms with Gasteiger partial charge in [0.25, 0.3) is 15.9 Å². The smallest absolute Gasteiger partial charge is 0.289 e. The summed E-state index contributed by atoms with van der Waals surface area (Å²) in [4.78, 5) is 15.2. The number of carbonyl (C=O) groups excluding carboxylic acids is 1. The van der Waals surface area contributed by atoms with Crippen LogP contribution in [-0.2, 0) is 16.6 Å². The van der Waals surface area contributed by atoms with E-state index in [1.165, 1.54) is 27.8 Å². The van der Waals surface area contributed by atoms with Gasteiger partial charge < -0.3 is 9.32 Å². The first-order valence-electron chi connectivity index (χ1n) is 8.05. The van der Waals surface area contributed by atoms with E-state index in [0.29, 0.717) is 30.5 Å². The summed E-state index contributed by atoms with van der Waals surface area (Å²) in [5, 5.41) is -0.173. The molecular weight excluding hydrogens is 384 g/mol. The molecule has 3 rings (SSSR count). The van der Waals surface area contributed by atoms with Gasteiger partial charge in [0.1, 0.15) is 0 Å². The fourth-order valence-electron chi connectivity index (χ4n) is 2.74. The van der Waals surface area contributed by atoms with Crippen molar-refractivity contribution in [1.82, 2.24) is 9.21 Å². The zero-order valence-electron chi connectivity index (χ0n) is 13.8. The van der Waals surface area contributed by atoms with E-state index in [0.717, 1.165) is 17.7 Å². The van der Waals surface area contributed by atoms with Crippen molar-refractivity contribution in [3.8, 4) is 0 Å². The molecule has 1 amide bonds. The lowest BCUT2D eigenvalue weighted by molar-refractivity contribution is 0.0716. The maximum Gasteiger partial charge on any atom is 0.289 e. The van der Waals surface area contributed by atoms with E-state index < -0.39 is 10.0 Å². The van der Waals surface area contributed by atoms with Gasteiger partial charge in [0.15, 0.2) is 5.76 Å². The zero-order valence-corrected chi connectivity index (χ0v) is 16.2. The molecule has 0 saturated carbocycles. The number of hydrogen-bond acceptors (Lipinski definition) is 5. The highest BCUT2D eigenvalue weighted by atomic mass is 35.5. The van der Waals surface area contributed by atoms with Crippen LogP contribution in [0, 0.1) is 0 Å². The summed E-state index contributed by atoms with van der Waals surface area (Å²) in [6.45, 7) is 3.72. The molecule has 1 saturated heterocycles. The van der Waals surface area contributed by atoms with Gasteiger partial charge in [0, 0.05) is 24.5 Å². The van der Waals surface area contributed by atoms with Crippen molar-refractivity contribution in [2.45, 2.75) is 31.4 Å². The maximum atomic E-state index is 12.6. The van der Waals surface area contributed by atoms with E-state index in [1.54, 1.807) is 11.0 Å². The lowest BCUT2D eigenvalue weighted by Crippen LogP contribution is -2.30. The number of carbonyl (C=O) groups is 1. The Morgan fingerprint density at radius 1 is 1.28 bits per heavy atom. The average molecular weight is 403 g/mol. The van der Waals surface area contributed by atoms with Gasteiger partial charge in [-0.15, -0.1) is 11.3 Å². The summed E-state index contributed by atoms with van der Waals surface area (Å²) in [6.07, 6.45) is 1.69. The van der Waals surface area contributed by atoms with Crippen LogP contribution in [0.1, 0.15) is 35.2 Å². The van der Waals surface area contributed by atoms with Gasteiger partial charge >= 0.3 is 0 Å². The van der Waals surface area contributed by atoms with E-state index in [-0.39, 0.29) is 16.8 Å². The molecule has 0 aliphatic carbocycles. The molecule has 136 valence electrons. The summed E-state index contributed by atoms with van der Waals surface area (Å²) in [5.74, 6) is -0.308. The van der Waals surface area contributed by atoms with Crippen LogP contribution in [0.25, 0.3) is 0 Å². The minimum Gasteiger partial charge on any atom is -0.438 e. The van der Waals surface area contributed by atoms with Gasteiger partial charge in [-0.25, -0.2) is 8.42 Å². The van der Waals surface area contributed by atoms with Crippen LogP contribution in [0.3, 0.4) is 0 Å². The van der Waals surface area contributed by atoms with Crippen molar-refractivity contribution in [2.75, 3.05) is 19.6 Å². The maximum absolute atomic E-state index is 12.6. The number of rotatable bonds is 6. The normalized spacial score (nSPS) is 15.6. The fraction of sp³-hybridized carbons (Fsp3) is 0.438. The van der Waals surface area contributed by atoms with E-state index in [1.807, 2.05) is 13.0 Å². The molecule has 0 unspecified atom stereocenters. The molecule has 25 heavy (non-hydrogen) atoms. The Morgan fingerprint density at radius 3 is 2.60 bits per heavy atom. The lowest BCUT2D eigenvalue weighted by Gasteiger charge is -2.18. The molecule has 2 aromatic rings. The van der Waals surface area contributed by atoms with E-state index in [2.05, 4.69) is 0 Å². The van der Waals surface area contributed by atoms with E-state index in [4.69, 9.17) is 16.0 Å². The first kappa shape index (κ1) is 18.4. The Balaban J connectivity index is 1.77. The summed E-state index contributed by atoms with van der Waals surface area (Å²) in [5.41, 5.74) is 0. The molecular formula is C16H19ClN2O4S2. The molecule has 0 radical (unpaired) electrons. The molecule has 1 aliphatic rings. The highest BCUT2D eigenvalue weighted by Gasteiger charge is 2.31. The number of amides is 1. The van der Waals surface area contributed by atoms with Crippen LogP contribution in [0.5, 0.6) is 0 Å². The van der Waals surface area contributed by atoms with Crippen molar-refractivity contribution in [2.24, 2.45) is 0 Å². The predicted molar refractivity (Wildman–Crippen MR) is 96.4 cm³/mol. The molecule has 0 spiro atoms. The van der Waals surface area contributed by atoms with Crippen molar-refractivity contribution in [1.29, 1.82) is 0 Å². The third-order valence-electron chi connectivity index (χ3n) is 4.10. The number of nitrogens with zero attached hydrogens (tertiary/aromatic N) is 2. The topological polar surface area (TPSA) is 70.8 Å². The standard InChI is InChI=1S/C16H19ClN2O4S2/c1-2-18(11-12-5-7-14(17)24-12)16(20)13-6-8-15(23-13)25(21,22)19-9-3-4-10-19/h5-8H,2-4,9-11H2,1H3. The van der Waals surface area contributed by atoms with Crippen LogP contribution in [0.2, 0.25) is 4.34 Å². The molecule has 9 heteroatoms. The van der Waals surface area contributed by atoms with Crippen molar-refractivity contribution in [3.63, 3.8) is 0 Å². The monoisotopic (exact) mass is 402 g/mol. The first-order chi connectivity index (χ1) is 11.9. The second-order valence-electron chi connectivity index (χ2n) is 5.76. The highest BCUT2D eigenvalue weighted by Crippen LogP contribution is 2.25. The fourth-order valence-corrected chi connectivity index (χ4v) is 5.27. The Labute approximate surface area is 156 Å². The van der Waals surface area contributed by atoms with Crippen LogP contribution in [0.15, 0.2) is 33.8 Å². The Hall–Kier alpha value is -1.35. The van der Waals surface area contributed by atoms with Crippen molar-refractivity contribution >= 4 is 38.9 Å². The molecule has 0 atom stereocenters. The summed E-state index contributed by atoms with van der Waals surface area (Å²) < 4.78 is 32.5. The number of sulfonamides is 1. The van der Waals surface area contributed by atoms with Gasteiger partial charge in [-0.2, -0.15) is 4.31 Å². The first-order valence-corrected chi connectivity index (χ1v) is 10.7. The van der Waals surface area contributed by atoms with E-state index >= 15 is 0 Å². The quantitative estimate of drug-likeness (QED) is 0.742. The molecule has 3 heterocycles. The number of thiophene rings is 1. The summed E-state index contributed by atoms with van der Waals surface area (Å²) in [7, 11) is -3.66. The third kappa shape index (κ3) is 3.92. The molecule has 1 fully saturated rings. The summed E-state index contributed by atoms with van der Waals surface area (Å²) >= 11 is 7.33. The van der Waals surface area contributed by atoms with Gasteiger partial charge in [0.2, 0.25) is 5.09 Å². The van der Waals surface area contributed by atoms with Crippen molar-refractivity contribution < 1.29 is 17.6 Å². The van der Waals surface area contributed by atoms with Crippen LogP contribution < -0.4 is 0 Å². The number of hydrogen-bond donors (Lipinski definition) is 0. The van der Waals surface area contributed by atoms with Gasteiger partial charge in [-0.05, 0) is 44.0 Å². The molecule has 0 aromatic carbocycles. The SMILES string of the molecule is CCN(Cc1ccc(Cl)s1)C(=O)c1ccc(S(=O)(=O)N2CCCC2)o1. The lowest BCUT2D eigenvalue weighted by atomic mass is 10.3. The minimum absolute atomic E-state index is 0.0299. The summed E-state index contributed by atoms with van der Waals surface area (Å²) in [6, 6.07) is 6.44.